The van der Waals surface area contributed by atoms with Gasteiger partial charge < -0.3 is 0 Å². The lowest BCUT2D eigenvalue weighted by Crippen LogP contribution is -2.32. The highest BCUT2D eigenvalue weighted by Gasteiger charge is 2.11. The standard InChI is InChI=1S/C4H8N2O2S4/c1-9-11-5-3(7)4(8)6-12-10-2/h1-2H3,(H,5,7)(H,6,8). The van der Waals surface area contributed by atoms with E-state index < -0.39 is 11.8 Å². The van der Waals surface area contributed by atoms with Gasteiger partial charge in [0.25, 0.3) is 0 Å². The lowest BCUT2D eigenvalue weighted by molar-refractivity contribution is -0.136. The molecule has 0 atom stereocenters. The van der Waals surface area contributed by atoms with Crippen molar-refractivity contribution >= 4 is 55.4 Å². The molecule has 12 heavy (non-hydrogen) atoms. The van der Waals surface area contributed by atoms with Crippen LogP contribution in [0.3, 0.4) is 0 Å². The summed E-state index contributed by atoms with van der Waals surface area (Å²) in [6.07, 6.45) is 3.61. The fourth-order valence-electron chi connectivity index (χ4n) is 0.252. The van der Waals surface area contributed by atoms with E-state index in [0.717, 1.165) is 22.0 Å². The summed E-state index contributed by atoms with van der Waals surface area (Å²) in [5, 5.41) is 0. The predicted octanol–water partition coefficient (Wildman–Crippen LogP) is 1.07. The van der Waals surface area contributed by atoms with Gasteiger partial charge in [-0.25, -0.2) is 0 Å². The van der Waals surface area contributed by atoms with Crippen LogP contribution in [-0.2, 0) is 9.59 Å². The van der Waals surface area contributed by atoms with Crippen LogP contribution in [0.5, 0.6) is 0 Å². The quantitative estimate of drug-likeness (QED) is 0.438. The van der Waals surface area contributed by atoms with Gasteiger partial charge in [0.05, 0.1) is 0 Å². The number of carbonyl (C=O) groups excluding carboxylic acids is 2. The predicted molar refractivity (Wildman–Crippen MR) is 58.5 cm³/mol. The Morgan fingerprint density at radius 1 is 0.917 bits per heavy atom. The number of nitrogens with one attached hydrogen (secondary N) is 2. The lowest BCUT2D eigenvalue weighted by atomic mass is 10.6. The topological polar surface area (TPSA) is 58.2 Å². The smallest absolute Gasteiger partial charge is 0.283 e. The number of hydrogen-bond donors (Lipinski definition) is 2. The van der Waals surface area contributed by atoms with Crippen molar-refractivity contribution in [3.05, 3.63) is 0 Å². The highest BCUT2D eigenvalue weighted by atomic mass is 33.1. The summed E-state index contributed by atoms with van der Waals surface area (Å²) in [5.74, 6) is -1.26. The van der Waals surface area contributed by atoms with Crippen molar-refractivity contribution in [1.29, 1.82) is 0 Å². The number of rotatable bonds is 4. The minimum Gasteiger partial charge on any atom is -0.283 e. The molecule has 0 aliphatic heterocycles. The van der Waals surface area contributed by atoms with Crippen LogP contribution in [0.25, 0.3) is 0 Å². The molecule has 0 aliphatic rings. The van der Waals surface area contributed by atoms with Crippen LogP contribution in [0, 0.1) is 0 Å². The molecule has 0 bridgehead atoms. The Bertz CT molecular complexity index is 147. The molecule has 2 amide bonds. The van der Waals surface area contributed by atoms with Crippen molar-refractivity contribution in [2.45, 2.75) is 0 Å². The summed E-state index contributed by atoms with van der Waals surface area (Å²) in [6.45, 7) is 0. The molecule has 8 heteroatoms. The molecule has 0 saturated carbocycles. The van der Waals surface area contributed by atoms with Gasteiger partial charge in [0.15, 0.2) is 0 Å². The highest BCUT2D eigenvalue weighted by Crippen LogP contribution is 2.12. The molecular formula is C4H8N2O2S4. The van der Waals surface area contributed by atoms with Crippen molar-refractivity contribution in [2.24, 2.45) is 0 Å². The Balaban J connectivity index is 3.55. The summed E-state index contributed by atoms with van der Waals surface area (Å²) in [5.41, 5.74) is 0. The Labute approximate surface area is 86.8 Å². The van der Waals surface area contributed by atoms with E-state index in [1.807, 2.05) is 0 Å². The van der Waals surface area contributed by atoms with E-state index in [4.69, 9.17) is 0 Å². The Kier molecular flexibility index (Phi) is 8.19. The molecule has 2 N–H and O–H groups in total. The summed E-state index contributed by atoms with van der Waals surface area (Å²) in [6, 6.07) is 0. The average molecular weight is 244 g/mol. The van der Waals surface area contributed by atoms with Gasteiger partial charge in [-0.2, -0.15) is 0 Å². The van der Waals surface area contributed by atoms with E-state index in [2.05, 4.69) is 9.44 Å². The fraction of sp³-hybridized carbons (Fsp3) is 0.500. The molecule has 0 saturated heterocycles. The van der Waals surface area contributed by atoms with E-state index in [0.29, 0.717) is 0 Å². The van der Waals surface area contributed by atoms with Crippen LogP contribution in [0.1, 0.15) is 0 Å². The molecule has 0 aliphatic carbocycles. The highest BCUT2D eigenvalue weighted by molar-refractivity contribution is 8.76. The van der Waals surface area contributed by atoms with Crippen molar-refractivity contribution < 1.29 is 9.59 Å². The minimum absolute atomic E-state index is 0.629. The zero-order chi connectivity index (χ0) is 9.40. The number of amides is 2. The Hall–Kier alpha value is 0.340. The maximum atomic E-state index is 10.8. The molecule has 0 aromatic carbocycles. The Morgan fingerprint density at radius 3 is 1.50 bits per heavy atom. The van der Waals surface area contributed by atoms with Crippen molar-refractivity contribution in [3.63, 3.8) is 0 Å². The third-order valence-corrected chi connectivity index (χ3v) is 3.01. The molecule has 0 aromatic heterocycles. The largest absolute Gasteiger partial charge is 0.320 e. The molecule has 0 heterocycles. The summed E-state index contributed by atoms with van der Waals surface area (Å²) in [4.78, 5) is 21.7. The second-order valence-corrected chi connectivity index (χ2v) is 5.77. The van der Waals surface area contributed by atoms with Gasteiger partial charge in [0.1, 0.15) is 0 Å². The molecule has 0 rings (SSSR count). The van der Waals surface area contributed by atoms with Gasteiger partial charge in [-0.15, -0.1) is 0 Å². The second kappa shape index (κ2) is 7.96. The first-order valence-electron chi connectivity index (χ1n) is 2.72. The fourth-order valence-corrected chi connectivity index (χ4v) is 1.71. The van der Waals surface area contributed by atoms with E-state index in [1.54, 1.807) is 12.5 Å². The first-order chi connectivity index (χ1) is 5.72. The van der Waals surface area contributed by atoms with Crippen molar-refractivity contribution in [3.8, 4) is 0 Å². The van der Waals surface area contributed by atoms with Crippen LogP contribution in [0.2, 0.25) is 0 Å². The van der Waals surface area contributed by atoms with E-state index in [-0.39, 0.29) is 0 Å². The lowest BCUT2D eigenvalue weighted by Gasteiger charge is -2.00. The molecule has 4 nitrogen and oxygen atoms in total. The molecule has 0 aromatic rings. The third-order valence-electron chi connectivity index (χ3n) is 0.642. The van der Waals surface area contributed by atoms with Gasteiger partial charge in [0, 0.05) is 22.0 Å². The van der Waals surface area contributed by atoms with Crippen molar-refractivity contribution in [2.75, 3.05) is 12.5 Å². The summed E-state index contributed by atoms with van der Waals surface area (Å²) >= 11 is 0. The average Bonchev–Trinajstić information content (AvgIpc) is 2.10. The van der Waals surface area contributed by atoms with Crippen molar-refractivity contribution in [1.82, 2.24) is 9.44 Å². The summed E-state index contributed by atoms with van der Waals surface area (Å²) < 4.78 is 4.69. The molecular weight excluding hydrogens is 236 g/mol. The van der Waals surface area contributed by atoms with Gasteiger partial charge >= 0.3 is 11.8 Å². The van der Waals surface area contributed by atoms with Crippen LogP contribution in [-0.4, -0.2) is 24.3 Å². The van der Waals surface area contributed by atoms with Crippen LogP contribution < -0.4 is 9.44 Å². The maximum absolute atomic E-state index is 10.8. The first kappa shape index (κ1) is 12.3. The first-order valence-corrected chi connectivity index (χ1v) is 7.83. The van der Waals surface area contributed by atoms with Crippen LogP contribution >= 0.6 is 43.5 Å². The molecule has 0 fully saturated rings. The summed E-state index contributed by atoms with van der Waals surface area (Å²) in [7, 11) is 4.96. The zero-order valence-corrected chi connectivity index (χ0v) is 9.72. The molecule has 0 unspecified atom stereocenters. The van der Waals surface area contributed by atoms with E-state index >= 15 is 0 Å². The molecule has 0 radical (unpaired) electrons. The number of hydrogen-bond acceptors (Lipinski definition) is 6. The van der Waals surface area contributed by atoms with Gasteiger partial charge in [-0.3, -0.25) is 19.0 Å². The monoisotopic (exact) mass is 244 g/mol. The van der Waals surface area contributed by atoms with Crippen LogP contribution in [0.4, 0.5) is 0 Å². The second-order valence-electron chi connectivity index (χ2n) is 1.36. The minimum atomic E-state index is -0.629. The SMILES string of the molecule is CSSNC(=O)C(=O)NSSC. The zero-order valence-electron chi connectivity index (χ0n) is 6.45. The van der Waals surface area contributed by atoms with Gasteiger partial charge in [-0.05, 0) is 12.5 Å². The molecule has 0 spiro atoms. The van der Waals surface area contributed by atoms with E-state index in [9.17, 15) is 9.59 Å². The maximum Gasteiger partial charge on any atom is 0.320 e. The molecule has 70 valence electrons. The Morgan fingerprint density at radius 2 is 1.25 bits per heavy atom. The van der Waals surface area contributed by atoms with E-state index in [1.165, 1.54) is 21.6 Å². The third kappa shape index (κ3) is 5.92. The van der Waals surface area contributed by atoms with Gasteiger partial charge in [0.2, 0.25) is 0 Å². The van der Waals surface area contributed by atoms with Crippen LogP contribution in [0.15, 0.2) is 0 Å². The number of carbonyl (C=O) groups is 2. The normalized spacial score (nSPS) is 9.17. The van der Waals surface area contributed by atoms with Gasteiger partial charge in [-0.1, -0.05) is 21.6 Å².